The maximum absolute atomic E-state index is 5.12. The number of ether oxygens (including phenoxy) is 1. The number of terminal acetylenes is 1. The van der Waals surface area contributed by atoms with Crippen LogP contribution in [0, 0.1) is 25.3 Å². The van der Waals surface area contributed by atoms with E-state index < -0.39 is 0 Å². The maximum Gasteiger partial charge on any atom is 0.148 e. The molecule has 0 spiro atoms. The number of benzene rings is 1. The molecule has 0 saturated carbocycles. The first-order chi connectivity index (χ1) is 5.33. The van der Waals surface area contributed by atoms with Crippen molar-refractivity contribution in [1.82, 2.24) is 0 Å². The highest BCUT2D eigenvalue weighted by atomic mass is 16.5. The van der Waals surface area contributed by atoms with Gasteiger partial charge in [0, 0.05) is 6.07 Å². The molecule has 55 valence electrons. The smallest absolute Gasteiger partial charge is 0.148 e. The second-order valence-electron chi connectivity index (χ2n) is 2.22. The minimum absolute atomic E-state index is 0.305. The Hall–Kier alpha value is -1.42. The second-order valence-corrected chi connectivity index (χ2v) is 2.22. The molecule has 0 amide bonds. The lowest BCUT2D eigenvalue weighted by atomic mass is 10.2. The zero-order valence-electron chi connectivity index (χ0n) is 6.42. The SMILES string of the molecule is C#CCOc1[c]cc(C)cc1. The summed E-state index contributed by atoms with van der Waals surface area (Å²) in [5.74, 6) is 3.09. The lowest BCUT2D eigenvalue weighted by Crippen LogP contribution is -1.92. The van der Waals surface area contributed by atoms with Crippen LogP contribution in [0.1, 0.15) is 5.56 Å². The summed E-state index contributed by atoms with van der Waals surface area (Å²) in [6.07, 6.45) is 5.02. The van der Waals surface area contributed by atoms with Crippen LogP contribution in [-0.4, -0.2) is 6.61 Å². The van der Waals surface area contributed by atoms with E-state index in [1.807, 2.05) is 25.1 Å². The molecule has 1 nitrogen and oxygen atoms in total. The van der Waals surface area contributed by atoms with Gasteiger partial charge in [-0.15, -0.1) is 6.42 Å². The fourth-order valence-corrected chi connectivity index (χ4v) is 0.698. The fraction of sp³-hybridized carbons (Fsp3) is 0.200. The molecule has 0 aliphatic carbocycles. The fourth-order valence-electron chi connectivity index (χ4n) is 0.698. The van der Waals surface area contributed by atoms with Crippen molar-refractivity contribution in [3.05, 3.63) is 29.8 Å². The second kappa shape index (κ2) is 3.68. The molecule has 0 aliphatic rings. The minimum Gasteiger partial charge on any atom is -0.480 e. The Morgan fingerprint density at radius 3 is 3.00 bits per heavy atom. The van der Waals surface area contributed by atoms with E-state index in [1.165, 1.54) is 0 Å². The molecule has 0 aromatic heterocycles. The Morgan fingerprint density at radius 1 is 1.64 bits per heavy atom. The summed E-state index contributed by atoms with van der Waals surface area (Å²) in [4.78, 5) is 0. The van der Waals surface area contributed by atoms with Crippen LogP contribution < -0.4 is 4.74 Å². The van der Waals surface area contributed by atoms with Crippen molar-refractivity contribution in [1.29, 1.82) is 0 Å². The molecular formula is C10H9O. The first kappa shape index (κ1) is 7.68. The van der Waals surface area contributed by atoms with E-state index in [9.17, 15) is 0 Å². The molecule has 0 N–H and O–H groups in total. The minimum atomic E-state index is 0.305. The van der Waals surface area contributed by atoms with Gasteiger partial charge in [-0.05, 0) is 19.1 Å². The van der Waals surface area contributed by atoms with Gasteiger partial charge >= 0.3 is 0 Å². The summed E-state index contributed by atoms with van der Waals surface area (Å²) in [6.45, 7) is 2.31. The van der Waals surface area contributed by atoms with Gasteiger partial charge in [-0.25, -0.2) is 0 Å². The molecule has 0 atom stereocenters. The zero-order chi connectivity index (χ0) is 8.10. The van der Waals surface area contributed by atoms with Crippen molar-refractivity contribution in [2.75, 3.05) is 6.61 Å². The van der Waals surface area contributed by atoms with Crippen LogP contribution in [0.5, 0.6) is 5.75 Å². The molecule has 0 bridgehead atoms. The Balaban J connectivity index is 2.60. The topological polar surface area (TPSA) is 9.23 Å². The van der Waals surface area contributed by atoms with Gasteiger partial charge in [-0.3, -0.25) is 0 Å². The van der Waals surface area contributed by atoms with Gasteiger partial charge in [0.2, 0.25) is 0 Å². The first-order valence-electron chi connectivity index (χ1n) is 3.37. The quantitative estimate of drug-likeness (QED) is 0.577. The van der Waals surface area contributed by atoms with E-state index >= 15 is 0 Å². The van der Waals surface area contributed by atoms with Gasteiger partial charge in [0.15, 0.2) is 0 Å². The average molecular weight is 145 g/mol. The highest BCUT2D eigenvalue weighted by Gasteiger charge is 1.89. The summed E-state index contributed by atoms with van der Waals surface area (Å²) in [5, 5.41) is 0. The maximum atomic E-state index is 5.12. The van der Waals surface area contributed by atoms with E-state index in [2.05, 4.69) is 12.0 Å². The molecule has 1 aromatic rings. The van der Waals surface area contributed by atoms with Crippen LogP contribution >= 0.6 is 0 Å². The van der Waals surface area contributed by atoms with Crippen molar-refractivity contribution in [3.8, 4) is 18.1 Å². The van der Waals surface area contributed by atoms with Gasteiger partial charge in [0.25, 0.3) is 0 Å². The molecule has 0 unspecified atom stereocenters. The van der Waals surface area contributed by atoms with Gasteiger partial charge in [0.05, 0.1) is 0 Å². The predicted octanol–water partition coefficient (Wildman–Crippen LogP) is 1.81. The highest BCUT2D eigenvalue weighted by Crippen LogP contribution is 2.09. The van der Waals surface area contributed by atoms with Gasteiger partial charge < -0.3 is 4.74 Å². The van der Waals surface area contributed by atoms with Crippen LogP contribution in [-0.2, 0) is 0 Å². The molecular weight excluding hydrogens is 136 g/mol. The van der Waals surface area contributed by atoms with Crippen LogP contribution in [0.25, 0.3) is 0 Å². The standard InChI is InChI=1S/C10H9O/c1-3-8-11-10-6-4-9(2)5-7-10/h1,4-6H,8H2,2H3. The number of rotatable bonds is 2. The summed E-state index contributed by atoms with van der Waals surface area (Å²) in [5.41, 5.74) is 1.16. The van der Waals surface area contributed by atoms with Crippen molar-refractivity contribution >= 4 is 0 Å². The Kier molecular flexibility index (Phi) is 2.57. The van der Waals surface area contributed by atoms with E-state index in [-0.39, 0.29) is 0 Å². The third-order valence-electron chi connectivity index (χ3n) is 1.25. The summed E-state index contributed by atoms with van der Waals surface area (Å²) < 4.78 is 5.12. The molecule has 1 heteroatoms. The summed E-state index contributed by atoms with van der Waals surface area (Å²) in [6, 6.07) is 8.64. The molecule has 0 saturated heterocycles. The third-order valence-corrected chi connectivity index (χ3v) is 1.25. The Morgan fingerprint density at radius 2 is 2.45 bits per heavy atom. The average Bonchev–Trinajstić information content (AvgIpc) is 2.04. The highest BCUT2D eigenvalue weighted by molar-refractivity contribution is 5.25. The van der Waals surface area contributed by atoms with Crippen molar-refractivity contribution in [3.63, 3.8) is 0 Å². The Bertz CT molecular complexity index is 253. The van der Waals surface area contributed by atoms with Crippen molar-refractivity contribution in [2.24, 2.45) is 0 Å². The van der Waals surface area contributed by atoms with E-state index in [0.29, 0.717) is 12.4 Å². The van der Waals surface area contributed by atoms with E-state index in [4.69, 9.17) is 11.2 Å². The van der Waals surface area contributed by atoms with Crippen LogP contribution in [0.4, 0.5) is 0 Å². The summed E-state index contributed by atoms with van der Waals surface area (Å²) >= 11 is 0. The predicted molar refractivity (Wildman–Crippen MR) is 44.3 cm³/mol. The monoisotopic (exact) mass is 145 g/mol. The lowest BCUT2D eigenvalue weighted by Gasteiger charge is -2.00. The van der Waals surface area contributed by atoms with Crippen LogP contribution in [0.3, 0.4) is 0 Å². The number of hydrogen-bond acceptors (Lipinski definition) is 1. The molecule has 1 aromatic carbocycles. The normalized spacial score (nSPS) is 8.73. The number of hydrogen-bond donors (Lipinski definition) is 0. The van der Waals surface area contributed by atoms with Crippen LogP contribution in [0.15, 0.2) is 18.2 Å². The Labute approximate surface area is 67.0 Å². The lowest BCUT2D eigenvalue weighted by molar-refractivity contribution is 0.369. The zero-order valence-corrected chi connectivity index (χ0v) is 6.42. The third kappa shape index (κ3) is 2.35. The molecule has 11 heavy (non-hydrogen) atoms. The summed E-state index contributed by atoms with van der Waals surface area (Å²) in [7, 11) is 0. The molecule has 0 heterocycles. The van der Waals surface area contributed by atoms with Crippen molar-refractivity contribution < 1.29 is 4.74 Å². The molecule has 1 radical (unpaired) electrons. The number of aryl methyl sites for hydroxylation is 1. The van der Waals surface area contributed by atoms with Gasteiger partial charge in [-0.2, -0.15) is 0 Å². The molecule has 0 fully saturated rings. The van der Waals surface area contributed by atoms with Gasteiger partial charge in [0.1, 0.15) is 12.4 Å². The largest absolute Gasteiger partial charge is 0.480 e. The molecule has 1 rings (SSSR count). The van der Waals surface area contributed by atoms with E-state index in [1.54, 1.807) is 0 Å². The first-order valence-corrected chi connectivity index (χ1v) is 3.37. The van der Waals surface area contributed by atoms with E-state index in [0.717, 1.165) is 5.56 Å². The van der Waals surface area contributed by atoms with Crippen molar-refractivity contribution in [2.45, 2.75) is 6.92 Å². The van der Waals surface area contributed by atoms with Gasteiger partial charge in [-0.1, -0.05) is 17.6 Å². The van der Waals surface area contributed by atoms with Crippen LogP contribution in [0.2, 0.25) is 0 Å². The molecule has 0 aliphatic heterocycles.